The van der Waals surface area contributed by atoms with E-state index in [2.05, 4.69) is 31.3 Å². The molecule has 0 heterocycles. The van der Waals surface area contributed by atoms with E-state index >= 15 is 0 Å². The molecule has 0 aliphatic carbocycles. The molecule has 0 spiro atoms. The fourth-order valence-electron chi connectivity index (χ4n) is 3.03. The number of thioether (sulfide) groups is 1. The van der Waals surface area contributed by atoms with Crippen LogP contribution in [0.4, 0.5) is 0 Å². The highest BCUT2D eigenvalue weighted by atomic mass is 32.2. The molecule has 0 saturated carbocycles. The summed E-state index contributed by atoms with van der Waals surface area (Å²) in [7, 11) is 1.62. The van der Waals surface area contributed by atoms with Crippen LogP contribution in [-0.4, -0.2) is 42.2 Å². The molecule has 2 aromatic rings. The zero-order valence-corrected chi connectivity index (χ0v) is 19.8. The van der Waals surface area contributed by atoms with E-state index in [1.165, 1.54) is 5.56 Å². The molecule has 0 aromatic heterocycles. The first-order chi connectivity index (χ1) is 14.9. The second-order valence-electron chi connectivity index (χ2n) is 7.97. The Morgan fingerprint density at radius 1 is 1.00 bits per heavy atom. The number of nitrogens with zero attached hydrogens (tertiary/aromatic N) is 1. The summed E-state index contributed by atoms with van der Waals surface area (Å²) in [6.45, 7) is 6.89. The maximum atomic E-state index is 13.1. The Balaban J connectivity index is 2.00. The summed E-state index contributed by atoms with van der Waals surface area (Å²) in [5.41, 5.74) is 2.21. The van der Waals surface area contributed by atoms with Gasteiger partial charge in [0, 0.05) is 31.0 Å². The van der Waals surface area contributed by atoms with Crippen LogP contribution in [0.25, 0.3) is 0 Å². The molecule has 5 nitrogen and oxygen atoms in total. The highest BCUT2D eigenvalue weighted by molar-refractivity contribution is 7.98. The molecule has 0 saturated heterocycles. The zero-order valence-electron chi connectivity index (χ0n) is 19.0. The van der Waals surface area contributed by atoms with Gasteiger partial charge in [0.1, 0.15) is 11.8 Å². The van der Waals surface area contributed by atoms with Gasteiger partial charge >= 0.3 is 0 Å². The van der Waals surface area contributed by atoms with Crippen LogP contribution >= 0.6 is 11.8 Å². The molecule has 0 bridgehead atoms. The van der Waals surface area contributed by atoms with Crippen LogP contribution in [-0.2, 0) is 21.9 Å². The molecule has 0 aliphatic rings. The summed E-state index contributed by atoms with van der Waals surface area (Å²) in [4.78, 5) is 27.4. The number of hydrogen-bond acceptors (Lipinski definition) is 4. The normalized spacial score (nSPS) is 11.8. The lowest BCUT2D eigenvalue weighted by molar-refractivity contribution is -0.140. The second-order valence-corrected chi connectivity index (χ2v) is 9.08. The van der Waals surface area contributed by atoms with Crippen LogP contribution in [0.5, 0.6) is 5.75 Å². The van der Waals surface area contributed by atoms with Crippen LogP contribution in [0.3, 0.4) is 0 Å². The zero-order chi connectivity index (χ0) is 22.6. The number of benzene rings is 2. The predicted octanol–water partition coefficient (Wildman–Crippen LogP) is 4.51. The Morgan fingerprint density at radius 2 is 1.68 bits per heavy atom. The first-order valence-electron chi connectivity index (χ1n) is 10.7. The minimum absolute atomic E-state index is 0.0106. The molecule has 1 atom stereocenters. The molecule has 31 heavy (non-hydrogen) atoms. The molecule has 0 unspecified atom stereocenters. The molecule has 2 rings (SSSR count). The van der Waals surface area contributed by atoms with E-state index in [1.807, 2.05) is 42.5 Å². The highest BCUT2D eigenvalue weighted by Crippen LogP contribution is 2.18. The van der Waals surface area contributed by atoms with E-state index in [4.69, 9.17) is 4.74 Å². The maximum absolute atomic E-state index is 13.1. The maximum Gasteiger partial charge on any atom is 0.242 e. The largest absolute Gasteiger partial charge is 0.497 e. The van der Waals surface area contributed by atoms with Crippen molar-refractivity contribution in [2.45, 2.75) is 45.5 Å². The Hall–Kier alpha value is -2.47. The van der Waals surface area contributed by atoms with E-state index < -0.39 is 6.04 Å². The van der Waals surface area contributed by atoms with E-state index in [9.17, 15) is 9.59 Å². The molecule has 168 valence electrons. The minimum atomic E-state index is -0.535. The molecule has 0 radical (unpaired) electrons. The Kier molecular flexibility index (Phi) is 10.4. The highest BCUT2D eigenvalue weighted by Gasteiger charge is 2.25. The van der Waals surface area contributed by atoms with E-state index in [-0.39, 0.29) is 11.8 Å². The summed E-state index contributed by atoms with van der Waals surface area (Å²) < 4.78 is 5.22. The monoisotopic (exact) mass is 442 g/mol. The lowest BCUT2D eigenvalue weighted by atomic mass is 10.1. The lowest BCUT2D eigenvalue weighted by Crippen LogP contribution is -2.48. The van der Waals surface area contributed by atoms with Crippen LogP contribution in [0.1, 0.15) is 38.3 Å². The standard InChI is InChI=1S/C25H34N2O3S/c1-19(2)16-26-25(29)20(3)27(17-21-10-12-23(30-4)13-11-21)24(28)14-15-31-18-22-8-6-5-7-9-22/h5-13,19-20H,14-18H2,1-4H3,(H,26,29)/t20-/m1/s1. The Labute approximate surface area is 190 Å². The summed E-state index contributed by atoms with van der Waals surface area (Å²) >= 11 is 1.73. The quantitative estimate of drug-likeness (QED) is 0.492. The number of ether oxygens (including phenoxy) is 1. The third-order valence-corrected chi connectivity index (χ3v) is 5.97. The number of hydrogen-bond donors (Lipinski definition) is 1. The number of carbonyl (C=O) groups is 2. The molecule has 6 heteroatoms. The number of methoxy groups -OCH3 is 1. The minimum Gasteiger partial charge on any atom is -0.497 e. The van der Waals surface area contributed by atoms with Crippen molar-refractivity contribution in [3.05, 3.63) is 65.7 Å². The smallest absolute Gasteiger partial charge is 0.242 e. The van der Waals surface area contributed by atoms with Gasteiger partial charge in [-0.25, -0.2) is 0 Å². The van der Waals surface area contributed by atoms with Gasteiger partial charge < -0.3 is 15.0 Å². The van der Waals surface area contributed by atoms with Crippen molar-refractivity contribution in [1.29, 1.82) is 0 Å². The number of rotatable bonds is 12. The third-order valence-electron chi connectivity index (χ3n) is 4.94. The number of carbonyl (C=O) groups excluding carboxylic acids is 2. The van der Waals surface area contributed by atoms with Crippen molar-refractivity contribution in [3.8, 4) is 5.75 Å². The van der Waals surface area contributed by atoms with Gasteiger partial charge in [-0.15, -0.1) is 0 Å². The molecule has 0 fully saturated rings. The molecular weight excluding hydrogens is 408 g/mol. The number of amides is 2. The topological polar surface area (TPSA) is 58.6 Å². The van der Waals surface area contributed by atoms with Crippen molar-refractivity contribution < 1.29 is 14.3 Å². The van der Waals surface area contributed by atoms with Gasteiger partial charge in [-0.3, -0.25) is 9.59 Å². The van der Waals surface area contributed by atoms with Crippen molar-refractivity contribution in [2.24, 2.45) is 5.92 Å². The van der Waals surface area contributed by atoms with Crippen LogP contribution < -0.4 is 10.1 Å². The van der Waals surface area contributed by atoms with Gasteiger partial charge in [0.25, 0.3) is 0 Å². The van der Waals surface area contributed by atoms with Gasteiger partial charge in [0.05, 0.1) is 7.11 Å². The molecule has 1 N–H and O–H groups in total. The first kappa shape index (κ1) is 24.8. The molecular formula is C25H34N2O3S. The second kappa shape index (κ2) is 13.1. The SMILES string of the molecule is COc1ccc(CN(C(=O)CCSCc2ccccc2)[C@H](C)C(=O)NCC(C)C)cc1. The van der Waals surface area contributed by atoms with Gasteiger partial charge in [0.15, 0.2) is 0 Å². The van der Waals surface area contributed by atoms with Gasteiger partial charge in [-0.2, -0.15) is 11.8 Å². The van der Waals surface area contributed by atoms with Gasteiger partial charge in [-0.1, -0.05) is 56.3 Å². The van der Waals surface area contributed by atoms with Crippen molar-refractivity contribution in [1.82, 2.24) is 10.2 Å². The summed E-state index contributed by atoms with van der Waals surface area (Å²) in [5.74, 6) is 2.58. The fourth-order valence-corrected chi connectivity index (χ4v) is 3.92. The summed E-state index contributed by atoms with van der Waals surface area (Å²) in [6.07, 6.45) is 0.398. The average molecular weight is 443 g/mol. The van der Waals surface area contributed by atoms with Crippen LogP contribution in [0.2, 0.25) is 0 Å². The number of nitrogens with one attached hydrogen (secondary N) is 1. The van der Waals surface area contributed by atoms with Crippen LogP contribution in [0.15, 0.2) is 54.6 Å². The van der Waals surface area contributed by atoms with E-state index in [0.717, 1.165) is 17.1 Å². The fraction of sp³-hybridized carbons (Fsp3) is 0.440. The Bertz CT molecular complexity index is 809. The predicted molar refractivity (Wildman–Crippen MR) is 128 cm³/mol. The summed E-state index contributed by atoms with van der Waals surface area (Å²) in [5, 5.41) is 2.95. The molecule has 2 amide bonds. The first-order valence-corrected chi connectivity index (χ1v) is 11.9. The van der Waals surface area contributed by atoms with E-state index in [1.54, 1.807) is 30.7 Å². The van der Waals surface area contributed by atoms with Crippen molar-refractivity contribution in [2.75, 3.05) is 19.4 Å². The van der Waals surface area contributed by atoms with Crippen molar-refractivity contribution >= 4 is 23.6 Å². The summed E-state index contributed by atoms with van der Waals surface area (Å²) in [6, 6.07) is 17.3. The van der Waals surface area contributed by atoms with E-state index in [0.29, 0.717) is 31.2 Å². The van der Waals surface area contributed by atoms with Crippen LogP contribution in [0, 0.1) is 5.92 Å². The average Bonchev–Trinajstić information content (AvgIpc) is 2.79. The van der Waals surface area contributed by atoms with Gasteiger partial charge in [0.2, 0.25) is 11.8 Å². The lowest BCUT2D eigenvalue weighted by Gasteiger charge is -2.29. The Morgan fingerprint density at radius 3 is 2.29 bits per heavy atom. The molecule has 2 aromatic carbocycles. The third kappa shape index (κ3) is 8.66. The van der Waals surface area contributed by atoms with Crippen molar-refractivity contribution in [3.63, 3.8) is 0 Å². The molecule has 0 aliphatic heterocycles. The van der Waals surface area contributed by atoms with Gasteiger partial charge in [-0.05, 0) is 36.1 Å².